The summed E-state index contributed by atoms with van der Waals surface area (Å²) in [5.74, 6) is 2.81. The lowest BCUT2D eigenvalue weighted by Crippen LogP contribution is -2.31. The summed E-state index contributed by atoms with van der Waals surface area (Å²) in [6, 6.07) is 8.64. The molecule has 0 amide bonds. The van der Waals surface area contributed by atoms with Crippen LogP contribution >= 0.6 is 24.8 Å². The van der Waals surface area contributed by atoms with Crippen molar-refractivity contribution in [3.63, 3.8) is 0 Å². The number of likely N-dealkylation sites (tertiary alicyclic amines) is 2. The molecule has 4 nitrogen and oxygen atoms in total. The predicted molar refractivity (Wildman–Crippen MR) is 116 cm³/mol. The second kappa shape index (κ2) is 11.5. The van der Waals surface area contributed by atoms with Crippen LogP contribution in [0.4, 0.5) is 0 Å². The molecule has 4 rings (SSSR count). The highest BCUT2D eigenvalue weighted by atomic mass is 35.5. The van der Waals surface area contributed by atoms with Crippen molar-refractivity contribution in [1.82, 2.24) is 15.1 Å². The van der Waals surface area contributed by atoms with E-state index in [2.05, 4.69) is 39.4 Å². The number of fused-ring (bicyclic) bond motifs is 1. The van der Waals surface area contributed by atoms with Crippen LogP contribution in [-0.2, 0) is 6.54 Å². The molecule has 3 fully saturated rings. The number of benzene rings is 1. The second-order valence-corrected chi connectivity index (χ2v) is 8.08. The Morgan fingerprint density at radius 1 is 0.926 bits per heavy atom. The van der Waals surface area contributed by atoms with Gasteiger partial charge in [0.2, 0.25) is 0 Å². The maximum Gasteiger partial charge on any atom is 0.123 e. The molecule has 3 heterocycles. The quantitative estimate of drug-likeness (QED) is 0.690. The highest BCUT2D eigenvalue weighted by molar-refractivity contribution is 5.85. The topological polar surface area (TPSA) is 27.7 Å². The first-order chi connectivity index (χ1) is 12.4. The van der Waals surface area contributed by atoms with Gasteiger partial charge in [0.1, 0.15) is 5.75 Å². The number of rotatable bonds is 7. The molecule has 0 aromatic heterocycles. The molecular weight excluding hydrogens is 381 g/mol. The minimum Gasteiger partial charge on any atom is -0.493 e. The molecular formula is C21H35Cl2N3O. The van der Waals surface area contributed by atoms with Crippen molar-refractivity contribution < 1.29 is 4.74 Å². The molecule has 6 heteroatoms. The summed E-state index contributed by atoms with van der Waals surface area (Å²) in [6.45, 7) is 10.5. The molecule has 1 aromatic carbocycles. The molecule has 27 heavy (non-hydrogen) atoms. The van der Waals surface area contributed by atoms with E-state index >= 15 is 0 Å². The van der Waals surface area contributed by atoms with Crippen LogP contribution in [-0.4, -0.2) is 62.2 Å². The fraction of sp³-hybridized carbons (Fsp3) is 0.714. The van der Waals surface area contributed by atoms with E-state index < -0.39 is 0 Å². The fourth-order valence-corrected chi connectivity index (χ4v) is 4.75. The number of piperidine rings is 1. The molecule has 2 atom stereocenters. The number of para-hydroxylation sites is 1. The third-order valence-corrected chi connectivity index (χ3v) is 6.16. The summed E-state index contributed by atoms with van der Waals surface area (Å²) in [4.78, 5) is 5.21. The van der Waals surface area contributed by atoms with Crippen LogP contribution in [0.3, 0.4) is 0 Å². The van der Waals surface area contributed by atoms with Gasteiger partial charge in [0.15, 0.2) is 0 Å². The summed E-state index contributed by atoms with van der Waals surface area (Å²) in [5, 5.41) is 3.53. The van der Waals surface area contributed by atoms with Gasteiger partial charge in [-0.25, -0.2) is 0 Å². The largest absolute Gasteiger partial charge is 0.493 e. The van der Waals surface area contributed by atoms with Gasteiger partial charge >= 0.3 is 0 Å². The van der Waals surface area contributed by atoms with Crippen molar-refractivity contribution >= 4 is 24.8 Å². The highest BCUT2D eigenvalue weighted by Crippen LogP contribution is 2.29. The third kappa shape index (κ3) is 6.23. The van der Waals surface area contributed by atoms with Crippen molar-refractivity contribution in [3.05, 3.63) is 29.8 Å². The van der Waals surface area contributed by atoms with Gasteiger partial charge in [-0.1, -0.05) is 24.6 Å². The first-order valence-corrected chi connectivity index (χ1v) is 10.2. The van der Waals surface area contributed by atoms with Gasteiger partial charge in [0.05, 0.1) is 6.61 Å². The van der Waals surface area contributed by atoms with Crippen LogP contribution in [0.2, 0.25) is 0 Å². The van der Waals surface area contributed by atoms with Gasteiger partial charge in [-0.15, -0.1) is 24.8 Å². The molecule has 0 bridgehead atoms. The molecule has 0 spiro atoms. The van der Waals surface area contributed by atoms with Crippen LogP contribution in [0.15, 0.2) is 24.3 Å². The first-order valence-electron chi connectivity index (χ1n) is 10.2. The fourth-order valence-electron chi connectivity index (χ4n) is 4.75. The molecule has 0 saturated carbocycles. The molecule has 0 aliphatic carbocycles. The summed E-state index contributed by atoms with van der Waals surface area (Å²) in [5.41, 5.74) is 1.36. The Labute approximate surface area is 176 Å². The normalized spacial score (nSPS) is 25.5. The summed E-state index contributed by atoms with van der Waals surface area (Å²) in [7, 11) is 0. The smallest absolute Gasteiger partial charge is 0.123 e. The highest BCUT2D eigenvalue weighted by Gasteiger charge is 2.35. The predicted octanol–water partition coefficient (Wildman–Crippen LogP) is 3.44. The Bertz CT molecular complexity index is 542. The maximum atomic E-state index is 6.17. The van der Waals surface area contributed by atoms with Crippen LogP contribution in [0.1, 0.15) is 31.2 Å². The van der Waals surface area contributed by atoms with E-state index in [4.69, 9.17) is 4.74 Å². The lowest BCUT2D eigenvalue weighted by atomic mass is 10.0. The maximum absolute atomic E-state index is 6.17. The Morgan fingerprint density at radius 3 is 2.37 bits per heavy atom. The monoisotopic (exact) mass is 415 g/mol. The zero-order valence-electron chi connectivity index (χ0n) is 16.3. The molecule has 1 N–H and O–H groups in total. The Kier molecular flexibility index (Phi) is 9.67. The van der Waals surface area contributed by atoms with E-state index in [0.717, 1.165) is 37.2 Å². The molecule has 3 aliphatic rings. The number of nitrogens with one attached hydrogen (secondary N) is 1. The summed E-state index contributed by atoms with van der Waals surface area (Å²) in [6.07, 6.45) is 5.29. The minimum atomic E-state index is 0. The zero-order valence-corrected chi connectivity index (χ0v) is 17.9. The Hall–Kier alpha value is -0.520. The van der Waals surface area contributed by atoms with Crippen LogP contribution in [0, 0.1) is 11.8 Å². The number of ether oxygens (including phenoxy) is 1. The number of halogens is 2. The van der Waals surface area contributed by atoms with E-state index in [1.165, 1.54) is 70.6 Å². The van der Waals surface area contributed by atoms with Crippen LogP contribution < -0.4 is 10.1 Å². The zero-order chi connectivity index (χ0) is 16.9. The Balaban J connectivity index is 0.00000131. The van der Waals surface area contributed by atoms with Gasteiger partial charge < -0.3 is 15.0 Å². The van der Waals surface area contributed by atoms with E-state index in [1.807, 2.05) is 0 Å². The molecule has 3 saturated heterocycles. The van der Waals surface area contributed by atoms with Gasteiger partial charge in [-0.2, -0.15) is 0 Å². The average Bonchev–Trinajstić information content (AvgIpc) is 3.22. The van der Waals surface area contributed by atoms with Crippen LogP contribution in [0.5, 0.6) is 5.75 Å². The van der Waals surface area contributed by atoms with Gasteiger partial charge in [0.25, 0.3) is 0 Å². The summed E-state index contributed by atoms with van der Waals surface area (Å²) < 4.78 is 6.17. The standard InChI is InChI=1S/C21H33N3O.2ClH/c1-4-9-23(10-5-1)11-6-12-25-21-8-3-2-7-18(21)15-24-16-19-13-22-14-20(19)17-24;;/h2-3,7-8,19-20,22H,1,4-6,9-17H2;2*1H/t19-,20+;;. The van der Waals surface area contributed by atoms with Crippen molar-refractivity contribution in [2.24, 2.45) is 11.8 Å². The second-order valence-electron chi connectivity index (χ2n) is 8.08. The molecule has 154 valence electrons. The lowest BCUT2D eigenvalue weighted by Gasteiger charge is -2.26. The van der Waals surface area contributed by atoms with Crippen molar-refractivity contribution in [3.8, 4) is 5.75 Å². The average molecular weight is 416 g/mol. The minimum absolute atomic E-state index is 0. The van der Waals surface area contributed by atoms with Crippen molar-refractivity contribution in [2.45, 2.75) is 32.2 Å². The Morgan fingerprint density at radius 2 is 1.63 bits per heavy atom. The molecule has 3 aliphatic heterocycles. The van der Waals surface area contributed by atoms with Gasteiger partial charge in [-0.3, -0.25) is 4.90 Å². The SMILES string of the molecule is Cl.Cl.c1ccc(OCCCN2CCCCC2)c(CN2C[C@H]3CNC[C@H]3C2)c1. The summed E-state index contributed by atoms with van der Waals surface area (Å²) >= 11 is 0. The van der Waals surface area contributed by atoms with Crippen LogP contribution in [0.25, 0.3) is 0 Å². The van der Waals surface area contributed by atoms with Crippen molar-refractivity contribution in [1.29, 1.82) is 0 Å². The number of hydrogen-bond donors (Lipinski definition) is 1. The van der Waals surface area contributed by atoms with E-state index in [9.17, 15) is 0 Å². The van der Waals surface area contributed by atoms with E-state index in [1.54, 1.807) is 0 Å². The van der Waals surface area contributed by atoms with E-state index in [0.29, 0.717) is 0 Å². The number of nitrogens with zero attached hydrogens (tertiary/aromatic N) is 2. The lowest BCUT2D eigenvalue weighted by molar-refractivity contribution is 0.203. The molecule has 1 aromatic rings. The third-order valence-electron chi connectivity index (χ3n) is 6.16. The first kappa shape index (κ1) is 22.8. The van der Waals surface area contributed by atoms with Gasteiger partial charge in [0, 0.05) is 31.7 Å². The molecule has 0 radical (unpaired) electrons. The van der Waals surface area contributed by atoms with Gasteiger partial charge in [-0.05, 0) is 63.3 Å². The van der Waals surface area contributed by atoms with E-state index in [-0.39, 0.29) is 24.8 Å². The van der Waals surface area contributed by atoms with Crippen molar-refractivity contribution in [2.75, 3.05) is 52.4 Å². The number of hydrogen-bond acceptors (Lipinski definition) is 4. The molecule has 0 unspecified atom stereocenters.